The number of urea groups is 1. The molecule has 1 atom stereocenters. The first-order valence-corrected chi connectivity index (χ1v) is 11.6. The van der Waals surface area contributed by atoms with Crippen molar-refractivity contribution in [1.82, 2.24) is 0 Å². The molecular formula is C28H29N3O7. The van der Waals surface area contributed by atoms with Crippen molar-refractivity contribution in [2.75, 3.05) is 17.7 Å². The summed E-state index contributed by atoms with van der Waals surface area (Å²) in [4.78, 5) is 49.6. The minimum atomic E-state index is -2.75. The molecule has 3 aromatic rings. The lowest BCUT2D eigenvalue weighted by Gasteiger charge is -2.23. The van der Waals surface area contributed by atoms with Gasteiger partial charge in [-0.2, -0.15) is 0 Å². The summed E-state index contributed by atoms with van der Waals surface area (Å²) in [7, 11) is 1.53. The maximum Gasteiger partial charge on any atom is 0.332 e. The minimum Gasteiger partial charge on any atom is -0.497 e. The number of methoxy groups -OCH3 is 1. The molecule has 2 amide bonds. The van der Waals surface area contributed by atoms with E-state index in [1.807, 2.05) is 32.9 Å². The number of amides is 2. The van der Waals surface area contributed by atoms with Crippen LogP contribution in [0.3, 0.4) is 0 Å². The van der Waals surface area contributed by atoms with Crippen molar-refractivity contribution in [2.24, 2.45) is 5.73 Å². The van der Waals surface area contributed by atoms with Crippen molar-refractivity contribution in [3.8, 4) is 16.9 Å². The van der Waals surface area contributed by atoms with Crippen LogP contribution in [0.25, 0.3) is 11.1 Å². The summed E-state index contributed by atoms with van der Waals surface area (Å²) >= 11 is 0. The van der Waals surface area contributed by atoms with Crippen molar-refractivity contribution < 1.29 is 34.1 Å². The number of carboxylic acids is 2. The van der Waals surface area contributed by atoms with Crippen LogP contribution in [0.5, 0.6) is 5.75 Å². The summed E-state index contributed by atoms with van der Waals surface area (Å²) in [5, 5.41) is 24.2. The Bertz CT molecular complexity index is 1390. The molecule has 0 aliphatic rings. The fourth-order valence-corrected chi connectivity index (χ4v) is 4.18. The molecule has 10 nitrogen and oxygen atoms in total. The van der Waals surface area contributed by atoms with Crippen LogP contribution in [-0.4, -0.2) is 46.6 Å². The Kier molecular flexibility index (Phi) is 8.17. The van der Waals surface area contributed by atoms with E-state index in [0.717, 1.165) is 22.3 Å². The Morgan fingerprint density at radius 2 is 1.45 bits per heavy atom. The van der Waals surface area contributed by atoms with Gasteiger partial charge in [0.1, 0.15) is 5.75 Å². The molecule has 0 aromatic heterocycles. The van der Waals surface area contributed by atoms with E-state index in [2.05, 4.69) is 10.6 Å². The number of carbonyl (C=O) groups is 4. The van der Waals surface area contributed by atoms with Gasteiger partial charge in [-0.05, 0) is 67.3 Å². The first kappa shape index (κ1) is 27.9. The maximum atomic E-state index is 13.3. The van der Waals surface area contributed by atoms with E-state index in [4.69, 9.17) is 10.5 Å². The van der Waals surface area contributed by atoms with Crippen molar-refractivity contribution in [3.05, 3.63) is 76.9 Å². The van der Waals surface area contributed by atoms with Crippen molar-refractivity contribution in [1.29, 1.82) is 0 Å². The van der Waals surface area contributed by atoms with E-state index >= 15 is 0 Å². The van der Waals surface area contributed by atoms with Gasteiger partial charge in [0.2, 0.25) is 0 Å². The molecule has 6 N–H and O–H groups in total. The van der Waals surface area contributed by atoms with Crippen LogP contribution in [0.4, 0.5) is 16.2 Å². The number of hydrogen-bond acceptors (Lipinski definition) is 6. The fraction of sp³-hybridized carbons (Fsp3) is 0.214. The molecule has 0 saturated heterocycles. The van der Waals surface area contributed by atoms with Gasteiger partial charge < -0.3 is 31.3 Å². The molecule has 3 rings (SSSR count). The van der Waals surface area contributed by atoms with Crippen LogP contribution < -0.4 is 21.1 Å². The predicted molar refractivity (Wildman–Crippen MR) is 143 cm³/mol. The molecule has 0 unspecified atom stereocenters. The lowest BCUT2D eigenvalue weighted by molar-refractivity contribution is -0.147. The second-order valence-electron chi connectivity index (χ2n) is 9.02. The SMILES string of the molecule is COc1ccc(-c2ccc(C(=O)[C@](N)(CC(=O)O)C(=O)O)c(NC(=O)Nc3c(C)cc(C)cc3C)c2)cc1. The predicted octanol–water partition coefficient (Wildman–Crippen LogP) is 4.37. The zero-order valence-corrected chi connectivity index (χ0v) is 21.4. The fourth-order valence-electron chi connectivity index (χ4n) is 4.18. The number of Topliss-reactive ketones (excluding diaryl/α,β-unsaturated/α-hetero) is 1. The number of rotatable bonds is 9. The molecule has 0 saturated carbocycles. The van der Waals surface area contributed by atoms with Gasteiger partial charge in [-0.1, -0.05) is 35.9 Å². The van der Waals surface area contributed by atoms with Gasteiger partial charge in [0.25, 0.3) is 0 Å². The molecule has 0 heterocycles. The molecule has 0 bridgehead atoms. The van der Waals surface area contributed by atoms with Crippen LogP contribution >= 0.6 is 0 Å². The van der Waals surface area contributed by atoms with Gasteiger partial charge in [-0.15, -0.1) is 0 Å². The summed E-state index contributed by atoms with van der Waals surface area (Å²) in [6, 6.07) is 14.5. The average molecular weight is 520 g/mol. The summed E-state index contributed by atoms with van der Waals surface area (Å²) in [5.74, 6) is -3.89. The van der Waals surface area contributed by atoms with Gasteiger partial charge in [0, 0.05) is 11.3 Å². The van der Waals surface area contributed by atoms with Gasteiger partial charge >= 0.3 is 18.0 Å². The average Bonchev–Trinajstić information content (AvgIpc) is 2.85. The van der Waals surface area contributed by atoms with E-state index in [1.54, 1.807) is 30.3 Å². The molecule has 0 fully saturated rings. The zero-order valence-electron chi connectivity index (χ0n) is 21.4. The quantitative estimate of drug-likeness (QED) is 0.205. The number of aliphatic carboxylic acids is 2. The Labute approximate surface area is 219 Å². The highest BCUT2D eigenvalue weighted by Gasteiger charge is 2.45. The van der Waals surface area contributed by atoms with E-state index in [1.165, 1.54) is 19.2 Å². The molecular weight excluding hydrogens is 490 g/mol. The van der Waals surface area contributed by atoms with Crippen LogP contribution in [-0.2, 0) is 9.59 Å². The number of carboxylic acid groups (broad SMARTS) is 2. The summed E-state index contributed by atoms with van der Waals surface area (Å²) in [5.41, 5.74) is 7.35. The van der Waals surface area contributed by atoms with Gasteiger partial charge in [-0.3, -0.25) is 9.59 Å². The summed E-state index contributed by atoms with van der Waals surface area (Å²) in [6.45, 7) is 5.62. The normalized spacial score (nSPS) is 12.2. The highest BCUT2D eigenvalue weighted by molar-refractivity contribution is 6.20. The highest BCUT2D eigenvalue weighted by atomic mass is 16.5. The molecule has 0 aliphatic heterocycles. The largest absolute Gasteiger partial charge is 0.497 e. The lowest BCUT2D eigenvalue weighted by Crippen LogP contribution is -2.56. The summed E-state index contributed by atoms with van der Waals surface area (Å²) < 4.78 is 5.18. The molecule has 198 valence electrons. The molecule has 38 heavy (non-hydrogen) atoms. The van der Waals surface area contributed by atoms with E-state index < -0.39 is 35.7 Å². The number of ketones is 1. The molecule has 3 aromatic carbocycles. The second-order valence-corrected chi connectivity index (χ2v) is 9.02. The van der Waals surface area contributed by atoms with Gasteiger partial charge in [0.05, 0.1) is 19.2 Å². The monoisotopic (exact) mass is 519 g/mol. The Hall–Kier alpha value is -4.70. The zero-order chi connectivity index (χ0) is 28.2. The minimum absolute atomic E-state index is 0.0373. The number of carbonyl (C=O) groups excluding carboxylic acids is 2. The van der Waals surface area contributed by atoms with Crippen molar-refractivity contribution in [2.45, 2.75) is 32.7 Å². The first-order chi connectivity index (χ1) is 17.8. The van der Waals surface area contributed by atoms with Gasteiger partial charge in [-0.25, -0.2) is 9.59 Å². The van der Waals surface area contributed by atoms with Crippen LogP contribution in [0.2, 0.25) is 0 Å². The number of anilines is 2. The highest BCUT2D eigenvalue weighted by Crippen LogP contribution is 2.30. The number of nitrogens with two attached hydrogens (primary N) is 1. The van der Waals surface area contributed by atoms with Crippen LogP contribution in [0.15, 0.2) is 54.6 Å². The molecule has 0 aliphatic carbocycles. The Balaban J connectivity index is 2.07. The number of aryl methyl sites for hydroxylation is 3. The van der Waals surface area contributed by atoms with E-state index in [9.17, 15) is 29.4 Å². The van der Waals surface area contributed by atoms with Crippen molar-refractivity contribution in [3.63, 3.8) is 0 Å². The number of nitrogens with one attached hydrogen (secondary N) is 2. The van der Waals surface area contributed by atoms with E-state index in [0.29, 0.717) is 17.0 Å². The number of benzene rings is 3. The molecule has 0 radical (unpaired) electrons. The van der Waals surface area contributed by atoms with E-state index in [-0.39, 0.29) is 11.3 Å². The third-order valence-electron chi connectivity index (χ3n) is 6.07. The molecule has 10 heteroatoms. The maximum absolute atomic E-state index is 13.3. The smallest absolute Gasteiger partial charge is 0.332 e. The third kappa shape index (κ3) is 5.98. The number of hydrogen-bond donors (Lipinski definition) is 5. The number of ether oxygens (including phenoxy) is 1. The lowest BCUT2D eigenvalue weighted by atomic mass is 9.85. The Morgan fingerprint density at radius 1 is 0.868 bits per heavy atom. The third-order valence-corrected chi connectivity index (χ3v) is 6.07. The topological polar surface area (TPSA) is 168 Å². The summed E-state index contributed by atoms with van der Waals surface area (Å²) in [6.07, 6.45) is -1.14. The van der Waals surface area contributed by atoms with Crippen molar-refractivity contribution >= 4 is 35.1 Å². The second kappa shape index (κ2) is 11.1. The first-order valence-electron chi connectivity index (χ1n) is 11.6. The standard InChI is InChI=1S/C28H29N3O7/c1-15-11-16(2)24(17(3)12-15)31-27(37)30-22-13-19(18-5-8-20(38-4)9-6-18)7-10-21(22)25(34)28(29,26(35)36)14-23(32)33/h5-13H,14,29H2,1-4H3,(H,32,33)(H,35,36)(H2,30,31,37)/t28-/m1/s1. The molecule has 0 spiro atoms. The van der Waals surface area contributed by atoms with Gasteiger partial charge in [0.15, 0.2) is 11.3 Å². The van der Waals surface area contributed by atoms with Crippen LogP contribution in [0, 0.1) is 20.8 Å². The van der Waals surface area contributed by atoms with Crippen LogP contribution in [0.1, 0.15) is 33.5 Å². The Morgan fingerprint density at radius 3 is 1.97 bits per heavy atom.